The van der Waals surface area contributed by atoms with Crippen LogP contribution in [-0.2, 0) is 9.53 Å². The first kappa shape index (κ1) is 12.4. The molecule has 0 aromatic rings. The first-order chi connectivity index (χ1) is 6.18. The second-order valence-electron chi connectivity index (χ2n) is 3.13. The molecule has 4 heteroatoms. The Morgan fingerprint density at radius 2 is 2.15 bits per heavy atom. The third-order valence-electron chi connectivity index (χ3n) is 1.74. The van der Waals surface area contributed by atoms with Gasteiger partial charge < -0.3 is 15.8 Å². The Morgan fingerprint density at radius 3 is 2.69 bits per heavy atom. The van der Waals surface area contributed by atoms with E-state index in [2.05, 4.69) is 5.32 Å². The predicted octanol–water partition coefficient (Wildman–Crippen LogP) is 0.267. The van der Waals surface area contributed by atoms with Crippen molar-refractivity contribution < 1.29 is 9.53 Å². The van der Waals surface area contributed by atoms with Crippen LogP contribution in [0.5, 0.6) is 0 Å². The lowest BCUT2D eigenvalue weighted by Gasteiger charge is -2.06. The number of ether oxygens (including phenoxy) is 1. The van der Waals surface area contributed by atoms with Crippen molar-refractivity contribution in [1.82, 2.24) is 5.32 Å². The summed E-state index contributed by atoms with van der Waals surface area (Å²) in [5.74, 6) is -0.0771. The summed E-state index contributed by atoms with van der Waals surface area (Å²) in [6.07, 6.45) is 3.11. The highest BCUT2D eigenvalue weighted by atomic mass is 16.5. The van der Waals surface area contributed by atoms with E-state index < -0.39 is 6.04 Å². The van der Waals surface area contributed by atoms with Gasteiger partial charge in [0.25, 0.3) is 0 Å². The van der Waals surface area contributed by atoms with E-state index in [0.717, 1.165) is 25.9 Å². The van der Waals surface area contributed by atoms with Gasteiger partial charge in [0.05, 0.1) is 6.04 Å². The number of rotatable bonds is 7. The summed E-state index contributed by atoms with van der Waals surface area (Å²) in [4.78, 5) is 11.0. The van der Waals surface area contributed by atoms with Crippen molar-refractivity contribution in [3.05, 3.63) is 0 Å². The normalized spacial score (nSPS) is 12.5. The quantitative estimate of drug-likeness (QED) is 0.563. The van der Waals surface area contributed by atoms with E-state index in [-0.39, 0.29) is 5.91 Å². The van der Waals surface area contributed by atoms with Crippen LogP contribution in [0.1, 0.15) is 26.2 Å². The Hall–Kier alpha value is -0.610. The molecule has 1 atom stereocenters. The number of carbonyl (C=O) groups is 1. The van der Waals surface area contributed by atoms with Gasteiger partial charge in [0, 0.05) is 20.3 Å². The van der Waals surface area contributed by atoms with Crippen molar-refractivity contribution in [3.8, 4) is 0 Å². The first-order valence-electron chi connectivity index (χ1n) is 4.70. The Labute approximate surface area is 79.8 Å². The topological polar surface area (TPSA) is 64.3 Å². The van der Waals surface area contributed by atoms with E-state index in [9.17, 15) is 4.79 Å². The molecule has 0 fully saturated rings. The van der Waals surface area contributed by atoms with E-state index in [4.69, 9.17) is 10.5 Å². The van der Waals surface area contributed by atoms with E-state index in [1.165, 1.54) is 0 Å². The van der Waals surface area contributed by atoms with Gasteiger partial charge in [-0.15, -0.1) is 0 Å². The molecule has 13 heavy (non-hydrogen) atoms. The fourth-order valence-corrected chi connectivity index (χ4v) is 0.921. The molecule has 1 amide bonds. The lowest BCUT2D eigenvalue weighted by molar-refractivity contribution is -0.121. The molecule has 3 N–H and O–H groups in total. The smallest absolute Gasteiger partial charge is 0.236 e. The van der Waals surface area contributed by atoms with Crippen molar-refractivity contribution in [2.24, 2.45) is 5.73 Å². The van der Waals surface area contributed by atoms with Gasteiger partial charge in [0.15, 0.2) is 0 Å². The molecule has 0 aromatic carbocycles. The second kappa shape index (κ2) is 8.01. The lowest BCUT2D eigenvalue weighted by atomic mass is 10.2. The molecule has 0 aliphatic heterocycles. The third-order valence-corrected chi connectivity index (χ3v) is 1.74. The highest BCUT2D eigenvalue weighted by Crippen LogP contribution is 1.93. The number of unbranched alkanes of at least 4 members (excludes halogenated alkanes) is 2. The van der Waals surface area contributed by atoms with Crippen molar-refractivity contribution in [1.29, 1.82) is 0 Å². The predicted molar refractivity (Wildman–Crippen MR) is 52.4 cm³/mol. The summed E-state index contributed by atoms with van der Waals surface area (Å²) < 4.78 is 4.90. The Bertz CT molecular complexity index is 138. The molecule has 0 bridgehead atoms. The van der Waals surface area contributed by atoms with E-state index >= 15 is 0 Å². The fraction of sp³-hybridized carbons (Fsp3) is 0.889. The van der Waals surface area contributed by atoms with Gasteiger partial charge in [-0.1, -0.05) is 0 Å². The molecule has 0 radical (unpaired) electrons. The minimum absolute atomic E-state index is 0.0771. The van der Waals surface area contributed by atoms with Gasteiger partial charge in [0.2, 0.25) is 5.91 Å². The summed E-state index contributed by atoms with van der Waals surface area (Å²) in [7, 11) is 1.69. The number of methoxy groups -OCH3 is 1. The molecule has 0 saturated heterocycles. The zero-order valence-corrected chi connectivity index (χ0v) is 8.51. The van der Waals surface area contributed by atoms with Gasteiger partial charge in [0.1, 0.15) is 0 Å². The maximum Gasteiger partial charge on any atom is 0.236 e. The van der Waals surface area contributed by atoms with E-state index in [1.807, 2.05) is 0 Å². The van der Waals surface area contributed by atoms with Gasteiger partial charge in [-0.2, -0.15) is 0 Å². The maximum atomic E-state index is 11.0. The highest BCUT2D eigenvalue weighted by Gasteiger charge is 2.04. The zero-order valence-electron chi connectivity index (χ0n) is 8.51. The fourth-order valence-electron chi connectivity index (χ4n) is 0.921. The lowest BCUT2D eigenvalue weighted by Crippen LogP contribution is -2.38. The summed E-state index contributed by atoms with van der Waals surface area (Å²) in [5, 5.41) is 2.75. The van der Waals surface area contributed by atoms with E-state index in [0.29, 0.717) is 6.54 Å². The van der Waals surface area contributed by atoms with E-state index in [1.54, 1.807) is 14.0 Å². The average molecular weight is 188 g/mol. The minimum atomic E-state index is -0.404. The summed E-state index contributed by atoms with van der Waals surface area (Å²) in [5.41, 5.74) is 5.37. The average Bonchev–Trinajstić information content (AvgIpc) is 2.10. The number of nitrogens with one attached hydrogen (secondary N) is 1. The molecular weight excluding hydrogens is 168 g/mol. The van der Waals surface area contributed by atoms with Crippen molar-refractivity contribution in [2.45, 2.75) is 32.2 Å². The van der Waals surface area contributed by atoms with Crippen LogP contribution in [0.25, 0.3) is 0 Å². The molecule has 0 aliphatic carbocycles. The van der Waals surface area contributed by atoms with Crippen molar-refractivity contribution >= 4 is 5.91 Å². The maximum absolute atomic E-state index is 11.0. The first-order valence-corrected chi connectivity index (χ1v) is 4.70. The molecular formula is C9H20N2O2. The SMILES string of the molecule is COCCCCCNC(=O)[C@H](C)N. The van der Waals surface area contributed by atoms with Crippen LogP contribution in [0.3, 0.4) is 0 Å². The van der Waals surface area contributed by atoms with Crippen LogP contribution < -0.4 is 11.1 Å². The molecule has 0 heterocycles. The molecule has 0 spiro atoms. The van der Waals surface area contributed by atoms with Crippen LogP contribution >= 0.6 is 0 Å². The number of nitrogens with two attached hydrogens (primary N) is 1. The standard InChI is InChI=1S/C9H20N2O2/c1-8(10)9(12)11-6-4-3-5-7-13-2/h8H,3-7,10H2,1-2H3,(H,11,12)/t8-/m0/s1. The molecule has 4 nitrogen and oxygen atoms in total. The Kier molecular flexibility index (Phi) is 7.63. The van der Waals surface area contributed by atoms with Crippen LogP contribution in [0.2, 0.25) is 0 Å². The number of amides is 1. The molecule has 0 aliphatic rings. The largest absolute Gasteiger partial charge is 0.385 e. The third kappa shape index (κ3) is 7.74. The molecule has 0 unspecified atom stereocenters. The molecule has 0 saturated carbocycles. The van der Waals surface area contributed by atoms with Gasteiger partial charge in [-0.25, -0.2) is 0 Å². The van der Waals surface area contributed by atoms with Crippen LogP contribution in [0.15, 0.2) is 0 Å². The van der Waals surface area contributed by atoms with Crippen LogP contribution in [-0.4, -0.2) is 32.2 Å². The Balaban J connectivity index is 3.12. The van der Waals surface area contributed by atoms with Gasteiger partial charge >= 0.3 is 0 Å². The molecule has 78 valence electrons. The van der Waals surface area contributed by atoms with Crippen molar-refractivity contribution in [2.75, 3.05) is 20.3 Å². The van der Waals surface area contributed by atoms with Gasteiger partial charge in [-0.05, 0) is 26.2 Å². The summed E-state index contributed by atoms with van der Waals surface area (Å²) >= 11 is 0. The van der Waals surface area contributed by atoms with Crippen molar-refractivity contribution in [3.63, 3.8) is 0 Å². The number of hydrogen-bond acceptors (Lipinski definition) is 3. The second-order valence-corrected chi connectivity index (χ2v) is 3.13. The Morgan fingerprint density at radius 1 is 1.46 bits per heavy atom. The summed E-state index contributed by atoms with van der Waals surface area (Å²) in [6, 6.07) is -0.404. The minimum Gasteiger partial charge on any atom is -0.385 e. The highest BCUT2D eigenvalue weighted by molar-refractivity contribution is 5.80. The number of hydrogen-bond donors (Lipinski definition) is 2. The molecule has 0 aromatic heterocycles. The monoisotopic (exact) mass is 188 g/mol. The van der Waals surface area contributed by atoms with Crippen LogP contribution in [0, 0.1) is 0 Å². The number of carbonyl (C=O) groups excluding carboxylic acids is 1. The van der Waals surface area contributed by atoms with Gasteiger partial charge in [-0.3, -0.25) is 4.79 Å². The zero-order chi connectivity index (χ0) is 10.1. The molecule has 0 rings (SSSR count). The summed E-state index contributed by atoms with van der Waals surface area (Å²) in [6.45, 7) is 3.19. The van der Waals surface area contributed by atoms with Crippen LogP contribution in [0.4, 0.5) is 0 Å².